The highest BCUT2D eigenvalue weighted by Crippen LogP contribution is 2.32. The summed E-state index contributed by atoms with van der Waals surface area (Å²) in [5, 5.41) is 3.97. The van der Waals surface area contributed by atoms with Gasteiger partial charge in [-0.1, -0.05) is 41.4 Å². The maximum Gasteiger partial charge on any atom is 0.339 e. The van der Waals surface area contributed by atoms with Crippen LogP contribution in [0, 0.1) is 0 Å². The molecular formula is C22H15Cl2NO3. The number of esters is 1. The van der Waals surface area contributed by atoms with Crippen molar-refractivity contribution >= 4 is 40.8 Å². The topological polar surface area (TPSA) is 55.4 Å². The van der Waals surface area contributed by atoms with Crippen molar-refractivity contribution < 1.29 is 14.3 Å². The second-order valence-electron chi connectivity index (χ2n) is 6.49. The molecular weight excluding hydrogens is 397 g/mol. The van der Waals surface area contributed by atoms with Crippen LogP contribution in [0.4, 0.5) is 5.69 Å². The molecule has 1 N–H and O–H groups in total. The highest BCUT2D eigenvalue weighted by Gasteiger charge is 2.28. The van der Waals surface area contributed by atoms with E-state index < -0.39 is 12.1 Å². The Kier molecular flexibility index (Phi) is 5.07. The summed E-state index contributed by atoms with van der Waals surface area (Å²) in [6, 6.07) is 19.1. The summed E-state index contributed by atoms with van der Waals surface area (Å²) >= 11 is 11.9. The number of hydrogen-bond donors (Lipinski definition) is 1. The molecule has 0 aromatic heterocycles. The molecule has 0 unspecified atom stereocenters. The highest BCUT2D eigenvalue weighted by atomic mass is 35.5. The predicted octanol–water partition coefficient (Wildman–Crippen LogP) is 5.70. The zero-order valence-corrected chi connectivity index (χ0v) is 16.1. The Morgan fingerprint density at radius 1 is 0.964 bits per heavy atom. The number of benzene rings is 3. The van der Waals surface area contributed by atoms with Gasteiger partial charge < -0.3 is 10.1 Å². The molecule has 0 bridgehead atoms. The number of rotatable bonds is 3. The summed E-state index contributed by atoms with van der Waals surface area (Å²) in [5.41, 5.74) is 3.17. The van der Waals surface area contributed by atoms with E-state index in [9.17, 15) is 9.59 Å². The monoisotopic (exact) mass is 411 g/mol. The van der Waals surface area contributed by atoms with Crippen LogP contribution < -0.4 is 5.32 Å². The van der Waals surface area contributed by atoms with Gasteiger partial charge in [-0.15, -0.1) is 0 Å². The van der Waals surface area contributed by atoms with Crippen LogP contribution in [-0.4, -0.2) is 11.9 Å². The summed E-state index contributed by atoms with van der Waals surface area (Å²) < 4.78 is 5.55. The Morgan fingerprint density at radius 2 is 1.75 bits per heavy atom. The zero-order chi connectivity index (χ0) is 19.7. The van der Waals surface area contributed by atoms with Gasteiger partial charge in [-0.25, -0.2) is 4.79 Å². The minimum Gasteiger partial charge on any atom is -0.454 e. The van der Waals surface area contributed by atoms with E-state index in [-0.39, 0.29) is 5.91 Å². The quantitative estimate of drug-likeness (QED) is 0.562. The van der Waals surface area contributed by atoms with Gasteiger partial charge in [0.25, 0.3) is 5.91 Å². The Labute approximate surface area is 172 Å². The van der Waals surface area contributed by atoms with Crippen molar-refractivity contribution in [3.05, 3.63) is 99.0 Å². The number of fused-ring (bicyclic) bond motifs is 1. The van der Waals surface area contributed by atoms with Gasteiger partial charge in [0.15, 0.2) is 0 Å². The number of anilines is 1. The second-order valence-corrected chi connectivity index (χ2v) is 7.36. The van der Waals surface area contributed by atoms with E-state index in [1.54, 1.807) is 54.6 Å². The van der Waals surface area contributed by atoms with Crippen molar-refractivity contribution in [3.8, 4) is 0 Å². The summed E-state index contributed by atoms with van der Waals surface area (Å²) in [5.74, 6) is -0.671. The lowest BCUT2D eigenvalue weighted by Crippen LogP contribution is -2.23. The van der Waals surface area contributed by atoms with E-state index in [1.807, 2.05) is 12.1 Å². The summed E-state index contributed by atoms with van der Waals surface area (Å²) in [6.07, 6.45) is 0.0737. The van der Waals surface area contributed by atoms with Gasteiger partial charge in [0.1, 0.15) is 6.10 Å². The number of nitrogens with one attached hydrogen (secondary N) is 1. The SMILES string of the molecule is O=C(Nc1cccc(Cl)c1)c1ccc2c(c1)C[C@H](c1ccc(Cl)cc1)OC2=O. The van der Waals surface area contributed by atoms with E-state index in [2.05, 4.69) is 5.32 Å². The lowest BCUT2D eigenvalue weighted by atomic mass is 9.93. The van der Waals surface area contributed by atoms with E-state index >= 15 is 0 Å². The number of carbonyl (C=O) groups is 2. The van der Waals surface area contributed by atoms with Crippen LogP contribution in [0.15, 0.2) is 66.7 Å². The van der Waals surface area contributed by atoms with E-state index in [1.165, 1.54) is 0 Å². The molecule has 4 rings (SSSR count). The molecule has 1 aliphatic rings. The highest BCUT2D eigenvalue weighted by molar-refractivity contribution is 6.31. The van der Waals surface area contributed by atoms with Crippen LogP contribution >= 0.6 is 23.2 Å². The van der Waals surface area contributed by atoms with E-state index in [4.69, 9.17) is 27.9 Å². The maximum atomic E-state index is 12.6. The molecule has 0 radical (unpaired) electrons. The van der Waals surface area contributed by atoms with Crippen molar-refractivity contribution in [2.45, 2.75) is 12.5 Å². The van der Waals surface area contributed by atoms with Gasteiger partial charge in [0, 0.05) is 27.7 Å². The van der Waals surface area contributed by atoms with E-state index in [0.717, 1.165) is 11.1 Å². The van der Waals surface area contributed by atoms with Gasteiger partial charge in [0.2, 0.25) is 0 Å². The third kappa shape index (κ3) is 3.88. The van der Waals surface area contributed by atoms with Crippen LogP contribution in [0.2, 0.25) is 10.0 Å². The fourth-order valence-corrected chi connectivity index (χ4v) is 3.49. The Balaban J connectivity index is 1.58. The molecule has 140 valence electrons. The number of hydrogen-bond acceptors (Lipinski definition) is 3. The van der Waals surface area contributed by atoms with Crippen LogP contribution in [-0.2, 0) is 11.2 Å². The molecule has 0 spiro atoms. The average Bonchev–Trinajstić information content (AvgIpc) is 2.68. The van der Waals surface area contributed by atoms with Gasteiger partial charge in [-0.2, -0.15) is 0 Å². The molecule has 4 nitrogen and oxygen atoms in total. The van der Waals surface area contributed by atoms with E-state index in [0.29, 0.717) is 33.3 Å². The number of halogens is 2. The summed E-state index contributed by atoms with van der Waals surface area (Å²) in [4.78, 5) is 25.0. The molecule has 6 heteroatoms. The normalized spacial score (nSPS) is 15.5. The third-order valence-electron chi connectivity index (χ3n) is 4.57. The van der Waals surface area contributed by atoms with Gasteiger partial charge >= 0.3 is 5.97 Å². The van der Waals surface area contributed by atoms with Crippen LogP contribution in [0.25, 0.3) is 0 Å². The largest absolute Gasteiger partial charge is 0.454 e. The predicted molar refractivity (Wildman–Crippen MR) is 109 cm³/mol. The Hall–Kier alpha value is -2.82. The molecule has 0 fully saturated rings. The fourth-order valence-electron chi connectivity index (χ4n) is 3.17. The molecule has 28 heavy (non-hydrogen) atoms. The van der Waals surface area contributed by atoms with Crippen LogP contribution in [0.1, 0.15) is 37.9 Å². The van der Waals surface area contributed by atoms with Gasteiger partial charge in [-0.3, -0.25) is 4.79 Å². The first-order valence-electron chi connectivity index (χ1n) is 8.66. The molecule has 3 aromatic rings. The molecule has 3 aromatic carbocycles. The number of carbonyl (C=O) groups excluding carboxylic acids is 2. The van der Waals surface area contributed by atoms with Crippen LogP contribution in [0.5, 0.6) is 0 Å². The fraction of sp³-hybridized carbons (Fsp3) is 0.0909. The first-order chi connectivity index (χ1) is 13.5. The lowest BCUT2D eigenvalue weighted by molar-refractivity contribution is 0.0252. The molecule has 1 amide bonds. The Morgan fingerprint density at radius 3 is 2.50 bits per heavy atom. The summed E-state index contributed by atoms with van der Waals surface area (Å²) in [7, 11) is 0. The third-order valence-corrected chi connectivity index (χ3v) is 5.05. The van der Waals surface area contributed by atoms with Crippen molar-refractivity contribution in [3.63, 3.8) is 0 Å². The maximum absolute atomic E-state index is 12.6. The van der Waals surface area contributed by atoms with Crippen molar-refractivity contribution in [2.24, 2.45) is 0 Å². The lowest BCUT2D eigenvalue weighted by Gasteiger charge is -2.25. The van der Waals surface area contributed by atoms with Gasteiger partial charge in [-0.05, 0) is 59.7 Å². The number of cyclic esters (lactones) is 1. The minimum absolute atomic E-state index is 0.271. The average molecular weight is 412 g/mol. The number of ether oxygens (including phenoxy) is 1. The smallest absolute Gasteiger partial charge is 0.339 e. The first-order valence-corrected chi connectivity index (χ1v) is 9.41. The standard InChI is InChI=1S/C22H15Cl2NO3/c23-16-7-4-13(5-8-16)20-11-15-10-14(6-9-19(15)22(27)28-20)21(26)25-18-3-1-2-17(24)12-18/h1-10,12,20H,11H2,(H,25,26)/t20-/m1/s1. The second kappa shape index (κ2) is 7.66. The van der Waals surface area contributed by atoms with Crippen LogP contribution in [0.3, 0.4) is 0 Å². The Bertz CT molecular complexity index is 1060. The van der Waals surface area contributed by atoms with Crippen molar-refractivity contribution in [1.82, 2.24) is 0 Å². The molecule has 0 saturated carbocycles. The number of amides is 1. The molecule has 0 saturated heterocycles. The molecule has 1 atom stereocenters. The molecule has 1 aliphatic heterocycles. The zero-order valence-electron chi connectivity index (χ0n) is 14.6. The molecule has 1 heterocycles. The van der Waals surface area contributed by atoms with Crippen molar-refractivity contribution in [2.75, 3.05) is 5.32 Å². The summed E-state index contributed by atoms with van der Waals surface area (Å²) in [6.45, 7) is 0. The molecule has 0 aliphatic carbocycles. The minimum atomic E-state index is -0.413. The van der Waals surface area contributed by atoms with Gasteiger partial charge in [0.05, 0.1) is 5.56 Å². The first kappa shape index (κ1) is 18.5. The van der Waals surface area contributed by atoms with Crippen molar-refractivity contribution in [1.29, 1.82) is 0 Å².